The van der Waals surface area contributed by atoms with Gasteiger partial charge in [0, 0.05) is 0 Å². The minimum absolute atomic E-state index is 0.256. The number of benzene rings is 1. The van der Waals surface area contributed by atoms with Crippen molar-refractivity contribution in [1.82, 2.24) is 10.0 Å². The number of hydrazine groups is 1. The van der Waals surface area contributed by atoms with E-state index in [-0.39, 0.29) is 6.04 Å². The maximum absolute atomic E-state index is 6.30. The van der Waals surface area contributed by atoms with Gasteiger partial charge in [0.25, 0.3) is 0 Å². The molecule has 1 aromatic rings. The Hall–Kier alpha value is -0.720. The molecule has 4 N–H and O–H groups in total. The van der Waals surface area contributed by atoms with E-state index in [1.165, 1.54) is 5.12 Å². The molecule has 0 saturated carbocycles. The highest BCUT2D eigenvalue weighted by Gasteiger charge is 2.22. The predicted octanol–water partition coefficient (Wildman–Crippen LogP) is 3.11. The Kier molecular flexibility index (Phi) is 7.03. The minimum atomic E-state index is -0.256. The maximum Gasteiger partial charge on any atom is 0.118 e. The van der Waals surface area contributed by atoms with Gasteiger partial charge in [-0.2, -0.15) is 0 Å². The van der Waals surface area contributed by atoms with Gasteiger partial charge in [-0.25, -0.2) is 11.0 Å². The van der Waals surface area contributed by atoms with Gasteiger partial charge >= 0.3 is 0 Å². The van der Waals surface area contributed by atoms with Gasteiger partial charge in [0.2, 0.25) is 0 Å². The van der Waals surface area contributed by atoms with Crippen LogP contribution in [0.1, 0.15) is 24.9 Å². The fourth-order valence-electron chi connectivity index (χ4n) is 1.86. The molecular formula is C13H20Cl3N5. The second kappa shape index (κ2) is 8.06. The highest BCUT2D eigenvalue weighted by atomic mass is 35.5. The zero-order valence-electron chi connectivity index (χ0n) is 12.3. The van der Waals surface area contributed by atoms with Gasteiger partial charge in [-0.3, -0.25) is 0 Å². The average molecular weight is 353 g/mol. The van der Waals surface area contributed by atoms with Crippen molar-refractivity contribution in [3.63, 3.8) is 0 Å². The predicted molar refractivity (Wildman–Crippen MR) is 90.7 cm³/mol. The van der Waals surface area contributed by atoms with Crippen LogP contribution >= 0.6 is 34.8 Å². The minimum Gasteiger partial charge on any atom is -0.386 e. The third kappa shape index (κ3) is 5.20. The largest absolute Gasteiger partial charge is 0.386 e. The van der Waals surface area contributed by atoms with Crippen LogP contribution in [0.25, 0.3) is 0 Å². The summed E-state index contributed by atoms with van der Waals surface area (Å²) in [5.41, 5.74) is 6.36. The lowest BCUT2D eigenvalue weighted by atomic mass is 10.0. The lowest BCUT2D eigenvalue weighted by molar-refractivity contribution is 0.186. The smallest absolute Gasteiger partial charge is 0.118 e. The molecular weight excluding hydrogens is 333 g/mol. The first-order valence-corrected chi connectivity index (χ1v) is 7.50. The van der Waals surface area contributed by atoms with Crippen molar-refractivity contribution in [2.24, 2.45) is 16.7 Å². The molecule has 0 radical (unpaired) electrons. The quantitative estimate of drug-likeness (QED) is 0.271. The van der Waals surface area contributed by atoms with E-state index in [9.17, 15) is 0 Å². The van der Waals surface area contributed by atoms with E-state index in [4.69, 9.17) is 46.4 Å². The molecule has 1 aromatic carbocycles. The Morgan fingerprint density at radius 2 is 1.86 bits per heavy atom. The molecule has 0 saturated heterocycles. The number of halogens is 3. The number of hydrogen-bond acceptors (Lipinski definition) is 4. The first-order chi connectivity index (χ1) is 9.73. The van der Waals surface area contributed by atoms with Gasteiger partial charge in [0.05, 0.1) is 21.1 Å². The molecule has 8 heteroatoms. The van der Waals surface area contributed by atoms with Crippen molar-refractivity contribution < 1.29 is 0 Å². The summed E-state index contributed by atoms with van der Waals surface area (Å²) in [4.78, 5) is 2.05. The van der Waals surface area contributed by atoms with Crippen LogP contribution < -0.4 is 11.6 Å². The normalized spacial score (nSPS) is 13.6. The number of nitrogens with two attached hydrogens (primary N) is 2. The summed E-state index contributed by atoms with van der Waals surface area (Å²) >= 11 is 18.4. The molecule has 0 amide bonds. The molecule has 0 aromatic heterocycles. The van der Waals surface area contributed by atoms with Crippen LogP contribution in [0.3, 0.4) is 0 Å². The molecule has 0 bridgehead atoms. The van der Waals surface area contributed by atoms with Crippen LogP contribution in [0, 0.1) is 0 Å². The summed E-state index contributed by atoms with van der Waals surface area (Å²) in [7, 11) is 3.96. The Morgan fingerprint density at radius 1 is 1.24 bits per heavy atom. The van der Waals surface area contributed by atoms with E-state index < -0.39 is 0 Å². The lowest BCUT2D eigenvalue weighted by Crippen LogP contribution is -2.34. The standard InChI is InChI=1S/C13H20Cl3N5/c1-8(17)19-21(18)11(6-7-20(2)3)9-4-5-10(14)13(16)12(9)15/h4-5,11H,6-7,18H2,1-3H3,(H2,17,19). The second-order valence-corrected chi connectivity index (χ2v) is 6.16. The number of amidine groups is 1. The number of hydrazone groups is 1. The van der Waals surface area contributed by atoms with Crippen LogP contribution in [0.15, 0.2) is 17.2 Å². The highest BCUT2D eigenvalue weighted by molar-refractivity contribution is 6.48. The zero-order valence-corrected chi connectivity index (χ0v) is 14.5. The molecule has 0 aliphatic heterocycles. The van der Waals surface area contributed by atoms with Crippen LogP contribution in [-0.2, 0) is 0 Å². The lowest BCUT2D eigenvalue weighted by Gasteiger charge is -2.27. The van der Waals surface area contributed by atoms with Crippen molar-refractivity contribution in [3.05, 3.63) is 32.8 Å². The molecule has 0 aliphatic carbocycles. The summed E-state index contributed by atoms with van der Waals surface area (Å²) in [5, 5.41) is 6.48. The van der Waals surface area contributed by atoms with Gasteiger partial charge < -0.3 is 10.6 Å². The van der Waals surface area contributed by atoms with Crippen molar-refractivity contribution >= 4 is 40.6 Å². The molecule has 118 valence electrons. The summed E-state index contributed by atoms with van der Waals surface area (Å²) in [5.74, 6) is 6.37. The number of rotatable bonds is 6. The van der Waals surface area contributed by atoms with Crippen molar-refractivity contribution in [2.75, 3.05) is 20.6 Å². The molecule has 1 atom stereocenters. The first kappa shape index (κ1) is 18.3. The summed E-state index contributed by atoms with van der Waals surface area (Å²) in [6.45, 7) is 2.47. The van der Waals surface area contributed by atoms with Gasteiger partial charge in [-0.15, -0.1) is 5.10 Å². The number of hydrogen-bond donors (Lipinski definition) is 2. The molecule has 0 fully saturated rings. The maximum atomic E-state index is 6.30. The van der Waals surface area contributed by atoms with Crippen LogP contribution in [0.2, 0.25) is 15.1 Å². The molecule has 1 rings (SSSR count). The highest BCUT2D eigenvalue weighted by Crippen LogP contribution is 2.37. The second-order valence-electron chi connectivity index (χ2n) is 4.99. The average Bonchev–Trinajstić information content (AvgIpc) is 2.37. The monoisotopic (exact) mass is 351 g/mol. The third-order valence-corrected chi connectivity index (χ3v) is 4.17. The molecule has 21 heavy (non-hydrogen) atoms. The van der Waals surface area contributed by atoms with E-state index in [0.717, 1.165) is 12.1 Å². The zero-order chi connectivity index (χ0) is 16.2. The van der Waals surface area contributed by atoms with Crippen molar-refractivity contribution in [1.29, 1.82) is 0 Å². The first-order valence-electron chi connectivity index (χ1n) is 6.36. The molecule has 5 nitrogen and oxygen atoms in total. The van der Waals surface area contributed by atoms with Crippen LogP contribution in [0.5, 0.6) is 0 Å². The third-order valence-electron chi connectivity index (χ3n) is 2.87. The SMILES string of the molecule is C/C(N)=N/N(N)C(CCN(C)C)c1ccc(Cl)c(Cl)c1Cl. The molecule has 1 unspecified atom stereocenters. The van der Waals surface area contributed by atoms with E-state index in [2.05, 4.69) is 5.10 Å². The Balaban J connectivity index is 3.17. The number of nitrogens with zero attached hydrogens (tertiary/aromatic N) is 3. The molecule has 0 heterocycles. The van der Waals surface area contributed by atoms with Gasteiger partial charge in [-0.05, 0) is 45.6 Å². The summed E-state index contributed by atoms with van der Waals surface area (Å²) in [6, 6.07) is 3.24. The van der Waals surface area contributed by atoms with E-state index in [1.807, 2.05) is 19.0 Å². The summed E-state index contributed by atoms with van der Waals surface area (Å²) in [6.07, 6.45) is 0.706. The van der Waals surface area contributed by atoms with Crippen molar-refractivity contribution in [3.8, 4) is 0 Å². The van der Waals surface area contributed by atoms with Gasteiger partial charge in [0.1, 0.15) is 5.84 Å². The van der Waals surface area contributed by atoms with E-state index in [1.54, 1.807) is 19.1 Å². The topological polar surface area (TPSA) is 70.9 Å². The molecule has 0 spiro atoms. The van der Waals surface area contributed by atoms with E-state index in [0.29, 0.717) is 27.3 Å². The Bertz CT molecular complexity index is 515. The molecule has 0 aliphatic rings. The van der Waals surface area contributed by atoms with Crippen LogP contribution in [0.4, 0.5) is 0 Å². The fourth-order valence-corrected chi connectivity index (χ4v) is 2.53. The Morgan fingerprint density at radius 3 is 2.38 bits per heavy atom. The fraction of sp³-hybridized carbons (Fsp3) is 0.462. The van der Waals surface area contributed by atoms with Crippen molar-refractivity contribution in [2.45, 2.75) is 19.4 Å². The van der Waals surface area contributed by atoms with Crippen LogP contribution in [-0.4, -0.2) is 36.5 Å². The summed E-state index contributed by atoms with van der Waals surface area (Å²) < 4.78 is 0. The van der Waals surface area contributed by atoms with Gasteiger partial charge in [0.15, 0.2) is 0 Å². The van der Waals surface area contributed by atoms with Gasteiger partial charge in [-0.1, -0.05) is 40.9 Å². The van der Waals surface area contributed by atoms with E-state index >= 15 is 0 Å². The Labute approximate surface area is 140 Å².